The molecule has 0 saturated carbocycles. The summed E-state index contributed by atoms with van der Waals surface area (Å²) in [6.45, 7) is 2.46. The van der Waals surface area contributed by atoms with E-state index in [0.29, 0.717) is 18.3 Å². The molecule has 4 heterocycles. The van der Waals surface area contributed by atoms with Crippen LogP contribution in [-0.4, -0.2) is 35.6 Å². The molecule has 0 bridgehead atoms. The summed E-state index contributed by atoms with van der Waals surface area (Å²) in [5, 5.41) is 1.05. The predicted molar refractivity (Wildman–Crippen MR) is 97.2 cm³/mol. The van der Waals surface area contributed by atoms with Crippen molar-refractivity contribution < 1.29 is 13.9 Å². The molecular formula is C19H20N4O3. The first-order valence-corrected chi connectivity index (χ1v) is 8.66. The number of aromatic nitrogens is 2. The van der Waals surface area contributed by atoms with Crippen LogP contribution in [0.3, 0.4) is 0 Å². The molecule has 0 aromatic carbocycles. The average molecular weight is 352 g/mol. The van der Waals surface area contributed by atoms with Crippen LogP contribution < -0.4 is 15.4 Å². The molecule has 0 aliphatic carbocycles. The molecule has 0 atom stereocenters. The van der Waals surface area contributed by atoms with Crippen molar-refractivity contribution in [2.45, 2.75) is 12.8 Å². The van der Waals surface area contributed by atoms with Crippen LogP contribution in [0.5, 0.6) is 5.75 Å². The average Bonchev–Trinajstić information content (AvgIpc) is 3.16. The van der Waals surface area contributed by atoms with Gasteiger partial charge in [-0.1, -0.05) is 0 Å². The summed E-state index contributed by atoms with van der Waals surface area (Å²) < 4.78 is 11.3. The molecule has 26 heavy (non-hydrogen) atoms. The molecule has 1 aliphatic heterocycles. The molecule has 4 rings (SSSR count). The third kappa shape index (κ3) is 3.33. The van der Waals surface area contributed by atoms with Crippen molar-refractivity contribution in [3.8, 4) is 5.75 Å². The van der Waals surface area contributed by atoms with Gasteiger partial charge in [-0.3, -0.25) is 9.78 Å². The molecule has 1 fully saturated rings. The SMILES string of the molecule is NC(=O)c1cc(OCC2CCN(c3nccc4occc34)CC2)ccn1. The fourth-order valence-electron chi connectivity index (χ4n) is 3.29. The number of furan rings is 1. The zero-order chi connectivity index (χ0) is 17.9. The van der Waals surface area contributed by atoms with Crippen molar-refractivity contribution in [3.63, 3.8) is 0 Å². The molecule has 0 radical (unpaired) electrons. The number of rotatable bonds is 5. The third-order valence-electron chi connectivity index (χ3n) is 4.74. The number of nitrogens with zero attached hydrogens (tertiary/aromatic N) is 3. The molecule has 3 aromatic rings. The largest absolute Gasteiger partial charge is 0.493 e. The molecule has 0 spiro atoms. The number of amides is 1. The number of anilines is 1. The fourth-order valence-corrected chi connectivity index (χ4v) is 3.29. The zero-order valence-corrected chi connectivity index (χ0v) is 14.3. The van der Waals surface area contributed by atoms with Crippen molar-refractivity contribution in [1.29, 1.82) is 0 Å². The van der Waals surface area contributed by atoms with Gasteiger partial charge in [0.2, 0.25) is 0 Å². The van der Waals surface area contributed by atoms with Gasteiger partial charge in [-0.25, -0.2) is 4.98 Å². The Morgan fingerprint density at radius 2 is 2.04 bits per heavy atom. The van der Waals surface area contributed by atoms with Crippen LogP contribution in [-0.2, 0) is 0 Å². The third-order valence-corrected chi connectivity index (χ3v) is 4.74. The minimum absolute atomic E-state index is 0.219. The highest BCUT2D eigenvalue weighted by atomic mass is 16.5. The second-order valence-electron chi connectivity index (χ2n) is 6.45. The van der Waals surface area contributed by atoms with E-state index >= 15 is 0 Å². The zero-order valence-electron chi connectivity index (χ0n) is 14.3. The van der Waals surface area contributed by atoms with Crippen LogP contribution >= 0.6 is 0 Å². The number of hydrogen-bond acceptors (Lipinski definition) is 6. The molecule has 1 saturated heterocycles. The summed E-state index contributed by atoms with van der Waals surface area (Å²) in [5.41, 5.74) is 6.33. The lowest BCUT2D eigenvalue weighted by Gasteiger charge is -2.32. The van der Waals surface area contributed by atoms with Gasteiger partial charge in [0, 0.05) is 31.5 Å². The lowest BCUT2D eigenvalue weighted by molar-refractivity contribution is 0.0995. The van der Waals surface area contributed by atoms with Gasteiger partial charge in [0.25, 0.3) is 5.91 Å². The monoisotopic (exact) mass is 352 g/mol. The van der Waals surface area contributed by atoms with E-state index < -0.39 is 5.91 Å². The van der Waals surface area contributed by atoms with Crippen molar-refractivity contribution in [1.82, 2.24) is 9.97 Å². The molecule has 7 heteroatoms. The molecule has 7 nitrogen and oxygen atoms in total. The van der Waals surface area contributed by atoms with Gasteiger partial charge in [-0.15, -0.1) is 0 Å². The van der Waals surface area contributed by atoms with Crippen LogP contribution in [0.1, 0.15) is 23.3 Å². The number of ether oxygens (including phenoxy) is 1. The van der Waals surface area contributed by atoms with Crippen molar-refractivity contribution in [2.24, 2.45) is 11.7 Å². The van der Waals surface area contributed by atoms with E-state index in [4.69, 9.17) is 14.9 Å². The van der Waals surface area contributed by atoms with Crippen molar-refractivity contribution >= 4 is 22.7 Å². The molecule has 1 amide bonds. The summed E-state index contributed by atoms with van der Waals surface area (Å²) in [4.78, 5) is 21.9. The Morgan fingerprint density at radius 1 is 1.23 bits per heavy atom. The minimum atomic E-state index is -0.551. The molecule has 134 valence electrons. The first kappa shape index (κ1) is 16.4. The normalized spacial score (nSPS) is 15.3. The number of carbonyl (C=O) groups is 1. The van der Waals surface area contributed by atoms with Gasteiger partial charge in [0.15, 0.2) is 0 Å². The number of fused-ring (bicyclic) bond motifs is 1. The lowest BCUT2D eigenvalue weighted by atomic mass is 9.97. The van der Waals surface area contributed by atoms with Crippen LogP contribution in [0.25, 0.3) is 11.0 Å². The second kappa shape index (κ2) is 7.03. The van der Waals surface area contributed by atoms with Gasteiger partial charge in [-0.05, 0) is 37.0 Å². The summed E-state index contributed by atoms with van der Waals surface area (Å²) in [7, 11) is 0. The van der Waals surface area contributed by atoms with E-state index in [0.717, 1.165) is 42.7 Å². The van der Waals surface area contributed by atoms with E-state index in [1.165, 1.54) is 6.20 Å². The molecule has 0 unspecified atom stereocenters. The summed E-state index contributed by atoms with van der Waals surface area (Å²) >= 11 is 0. The van der Waals surface area contributed by atoms with E-state index in [9.17, 15) is 4.79 Å². The first-order chi connectivity index (χ1) is 12.7. The number of hydrogen-bond donors (Lipinski definition) is 1. The number of piperidine rings is 1. The van der Waals surface area contributed by atoms with Crippen LogP contribution in [0, 0.1) is 5.92 Å². The smallest absolute Gasteiger partial charge is 0.267 e. The first-order valence-electron chi connectivity index (χ1n) is 8.66. The molecule has 1 aliphatic rings. The highest BCUT2D eigenvalue weighted by Gasteiger charge is 2.22. The number of primary amides is 1. The Balaban J connectivity index is 1.35. The van der Waals surface area contributed by atoms with E-state index in [1.54, 1.807) is 24.6 Å². The summed E-state index contributed by atoms with van der Waals surface area (Å²) in [5.74, 6) is 1.52. The van der Waals surface area contributed by atoms with Crippen molar-refractivity contribution in [2.75, 3.05) is 24.6 Å². The maximum Gasteiger partial charge on any atom is 0.267 e. The van der Waals surface area contributed by atoms with Crippen LogP contribution in [0.4, 0.5) is 5.82 Å². The van der Waals surface area contributed by atoms with Crippen LogP contribution in [0.15, 0.2) is 47.3 Å². The van der Waals surface area contributed by atoms with Crippen molar-refractivity contribution in [3.05, 3.63) is 48.6 Å². The van der Waals surface area contributed by atoms with E-state index in [1.807, 2.05) is 12.1 Å². The van der Waals surface area contributed by atoms with Gasteiger partial charge in [-0.2, -0.15) is 0 Å². The maximum absolute atomic E-state index is 11.2. The molecular weight excluding hydrogens is 332 g/mol. The highest BCUT2D eigenvalue weighted by molar-refractivity contribution is 5.91. The van der Waals surface area contributed by atoms with Gasteiger partial charge in [0.05, 0.1) is 18.3 Å². The Kier molecular flexibility index (Phi) is 4.43. The minimum Gasteiger partial charge on any atom is -0.493 e. The number of pyridine rings is 2. The standard InChI is InChI=1S/C19H20N4O3/c20-18(24)16-11-14(1-6-21-16)26-12-13-3-8-23(9-4-13)19-15-5-10-25-17(15)2-7-22-19/h1-2,5-7,10-11,13H,3-4,8-9,12H2,(H2,20,24). The number of nitrogens with two attached hydrogens (primary N) is 1. The topological polar surface area (TPSA) is 94.5 Å². The van der Waals surface area contributed by atoms with Gasteiger partial charge in [0.1, 0.15) is 22.8 Å². The van der Waals surface area contributed by atoms with Gasteiger partial charge >= 0.3 is 0 Å². The second-order valence-corrected chi connectivity index (χ2v) is 6.45. The Labute approximate surface area is 150 Å². The summed E-state index contributed by atoms with van der Waals surface area (Å²) in [6.07, 6.45) is 7.06. The quantitative estimate of drug-likeness (QED) is 0.758. The molecule has 2 N–H and O–H groups in total. The highest BCUT2D eigenvalue weighted by Crippen LogP contribution is 2.29. The van der Waals surface area contributed by atoms with E-state index in [-0.39, 0.29) is 5.69 Å². The van der Waals surface area contributed by atoms with E-state index in [2.05, 4.69) is 14.9 Å². The Morgan fingerprint density at radius 3 is 2.85 bits per heavy atom. The fraction of sp³-hybridized carbons (Fsp3) is 0.316. The Bertz CT molecular complexity index is 916. The summed E-state index contributed by atoms with van der Waals surface area (Å²) in [6, 6.07) is 7.17. The Hall–Kier alpha value is -3.09. The lowest BCUT2D eigenvalue weighted by Crippen LogP contribution is -2.36. The maximum atomic E-state index is 11.2. The predicted octanol–water partition coefficient (Wildman–Crippen LogP) is 2.62. The van der Waals surface area contributed by atoms with Crippen LogP contribution in [0.2, 0.25) is 0 Å². The van der Waals surface area contributed by atoms with Gasteiger partial charge < -0.3 is 19.8 Å². The molecule has 3 aromatic heterocycles. The number of carbonyl (C=O) groups excluding carboxylic acids is 1.